The molecule has 0 saturated heterocycles. The number of allylic oxidation sites excluding steroid dienone is 1. The van der Waals surface area contributed by atoms with Gasteiger partial charge in [-0.3, -0.25) is 9.52 Å². The van der Waals surface area contributed by atoms with Gasteiger partial charge < -0.3 is 9.84 Å². The van der Waals surface area contributed by atoms with Crippen molar-refractivity contribution in [2.24, 2.45) is 0 Å². The summed E-state index contributed by atoms with van der Waals surface area (Å²) in [5, 5.41) is 9.61. The monoisotopic (exact) mass is 477 g/mol. The fourth-order valence-corrected chi connectivity index (χ4v) is 4.94. The molecule has 0 spiro atoms. The van der Waals surface area contributed by atoms with Crippen molar-refractivity contribution in [1.82, 2.24) is 0 Å². The molecule has 0 aromatic heterocycles. The molecule has 0 fully saturated rings. The Labute approximate surface area is 189 Å². The number of anilines is 1. The number of hydrogen-bond acceptors (Lipinski definition) is 5. The Morgan fingerprint density at radius 1 is 1.03 bits per heavy atom. The Kier molecular flexibility index (Phi) is 6.90. The lowest BCUT2D eigenvalue weighted by Crippen LogP contribution is -2.14. The molecule has 0 radical (unpaired) electrons. The first kappa shape index (κ1) is 22.7. The first-order chi connectivity index (χ1) is 14.7. The number of methoxy groups -OCH3 is 1. The number of hydrogen-bond donors (Lipinski definition) is 2. The molecule has 0 unspecified atom stereocenters. The molecule has 0 atom stereocenters. The zero-order valence-electron chi connectivity index (χ0n) is 16.2. The number of phenolic OH excluding ortho intramolecular Hbond substituents is 1. The normalized spacial score (nSPS) is 11.5. The molecule has 0 aliphatic heterocycles. The number of aromatic hydroxyl groups is 1. The Morgan fingerprint density at radius 3 is 2.39 bits per heavy atom. The molecule has 0 heterocycles. The summed E-state index contributed by atoms with van der Waals surface area (Å²) in [6.07, 6.45) is 2.90. The van der Waals surface area contributed by atoms with Crippen molar-refractivity contribution in [2.45, 2.75) is 4.90 Å². The van der Waals surface area contributed by atoms with E-state index in [1.54, 1.807) is 36.4 Å². The van der Waals surface area contributed by atoms with Crippen LogP contribution in [0.4, 0.5) is 5.69 Å². The van der Waals surface area contributed by atoms with Gasteiger partial charge in [0, 0.05) is 11.3 Å². The average Bonchev–Trinajstić information content (AvgIpc) is 2.72. The van der Waals surface area contributed by atoms with Crippen LogP contribution < -0.4 is 9.46 Å². The number of phenols is 1. The maximum Gasteiger partial charge on any atom is 0.264 e. The molecule has 3 rings (SSSR count). The van der Waals surface area contributed by atoms with Crippen molar-refractivity contribution in [3.05, 3.63) is 87.9 Å². The predicted molar refractivity (Wildman–Crippen MR) is 122 cm³/mol. The van der Waals surface area contributed by atoms with E-state index in [1.807, 2.05) is 0 Å². The van der Waals surface area contributed by atoms with Gasteiger partial charge >= 0.3 is 0 Å². The predicted octanol–water partition coefficient (Wildman–Crippen LogP) is 5.40. The van der Waals surface area contributed by atoms with Crippen molar-refractivity contribution in [3.63, 3.8) is 0 Å². The van der Waals surface area contributed by atoms with Crippen LogP contribution in [0.1, 0.15) is 15.9 Å². The topological polar surface area (TPSA) is 92.7 Å². The average molecular weight is 478 g/mol. The van der Waals surface area contributed by atoms with Gasteiger partial charge in [-0.25, -0.2) is 8.42 Å². The largest absolute Gasteiger partial charge is 0.504 e. The molecular formula is C22H17Cl2NO5S. The summed E-state index contributed by atoms with van der Waals surface area (Å²) in [6.45, 7) is 0. The van der Waals surface area contributed by atoms with E-state index < -0.39 is 10.0 Å². The first-order valence-corrected chi connectivity index (χ1v) is 11.1. The van der Waals surface area contributed by atoms with E-state index in [1.165, 1.54) is 43.5 Å². The van der Waals surface area contributed by atoms with Crippen LogP contribution in [0, 0.1) is 0 Å². The molecule has 0 aliphatic carbocycles. The van der Waals surface area contributed by atoms with E-state index >= 15 is 0 Å². The molecular weight excluding hydrogens is 461 g/mol. The number of halogens is 2. The number of carbonyl (C=O) groups is 1. The highest BCUT2D eigenvalue weighted by Crippen LogP contribution is 2.31. The minimum atomic E-state index is -4.06. The molecule has 3 aromatic carbocycles. The summed E-state index contributed by atoms with van der Waals surface area (Å²) in [4.78, 5) is 12.3. The van der Waals surface area contributed by atoms with Crippen molar-refractivity contribution < 1.29 is 23.1 Å². The zero-order chi connectivity index (χ0) is 22.6. The smallest absolute Gasteiger partial charge is 0.264 e. The van der Waals surface area contributed by atoms with Gasteiger partial charge in [0.25, 0.3) is 10.0 Å². The molecule has 9 heteroatoms. The molecule has 6 nitrogen and oxygen atoms in total. The van der Waals surface area contributed by atoms with Crippen molar-refractivity contribution >= 4 is 50.8 Å². The zero-order valence-corrected chi connectivity index (χ0v) is 18.5. The van der Waals surface area contributed by atoms with Crippen LogP contribution in [0.5, 0.6) is 11.5 Å². The van der Waals surface area contributed by atoms with Crippen LogP contribution in [-0.4, -0.2) is 26.4 Å². The van der Waals surface area contributed by atoms with Crippen LogP contribution in [0.15, 0.2) is 71.6 Å². The van der Waals surface area contributed by atoms with Gasteiger partial charge in [0.1, 0.15) is 4.90 Å². The maximum absolute atomic E-state index is 12.7. The molecule has 0 amide bonds. The quantitative estimate of drug-likeness (QED) is 0.350. The fourth-order valence-electron chi connectivity index (χ4n) is 2.75. The minimum Gasteiger partial charge on any atom is -0.504 e. The van der Waals surface area contributed by atoms with Gasteiger partial charge in [-0.05, 0) is 48.0 Å². The standard InChI is InChI=1S/C22H17Cl2NO5S/c1-30-21-12-14(9-11-20(21)27)8-10-19(26)15-4-2-5-16(13-15)25-31(28,29)22-17(23)6-3-7-18(22)24/h2-13,25,27H,1H3/b10-8+. The molecule has 0 bridgehead atoms. The lowest BCUT2D eigenvalue weighted by Gasteiger charge is -2.11. The van der Waals surface area contributed by atoms with Crippen LogP contribution in [0.2, 0.25) is 10.0 Å². The van der Waals surface area contributed by atoms with Crippen molar-refractivity contribution in [2.75, 3.05) is 11.8 Å². The highest BCUT2D eigenvalue weighted by atomic mass is 35.5. The highest BCUT2D eigenvalue weighted by molar-refractivity contribution is 7.93. The van der Waals surface area contributed by atoms with Crippen molar-refractivity contribution in [1.29, 1.82) is 0 Å². The van der Waals surface area contributed by atoms with Crippen molar-refractivity contribution in [3.8, 4) is 11.5 Å². The number of carbonyl (C=O) groups excluding carboxylic acids is 1. The Balaban J connectivity index is 1.82. The number of ketones is 1. The van der Waals surface area contributed by atoms with Crippen LogP contribution in [0.25, 0.3) is 6.08 Å². The van der Waals surface area contributed by atoms with Crippen LogP contribution in [0.3, 0.4) is 0 Å². The fraction of sp³-hybridized carbons (Fsp3) is 0.0455. The minimum absolute atomic E-state index is 0.00964. The lowest BCUT2D eigenvalue weighted by atomic mass is 10.1. The third kappa shape index (κ3) is 5.38. The number of nitrogens with one attached hydrogen (secondary N) is 1. The Hall–Kier alpha value is -3.00. The Bertz CT molecular complexity index is 1250. The van der Waals surface area contributed by atoms with Gasteiger partial charge in [-0.1, -0.05) is 53.5 Å². The summed E-state index contributed by atoms with van der Waals surface area (Å²) in [5.41, 5.74) is 1.10. The Morgan fingerprint density at radius 2 is 1.71 bits per heavy atom. The summed E-state index contributed by atoms with van der Waals surface area (Å²) < 4.78 is 32.9. The lowest BCUT2D eigenvalue weighted by molar-refractivity contribution is 0.104. The number of sulfonamides is 1. The second-order valence-electron chi connectivity index (χ2n) is 6.37. The molecule has 2 N–H and O–H groups in total. The molecule has 3 aromatic rings. The van der Waals surface area contributed by atoms with Gasteiger partial charge in [-0.2, -0.15) is 0 Å². The van der Waals surface area contributed by atoms with Gasteiger partial charge in [0.05, 0.1) is 17.2 Å². The third-order valence-electron chi connectivity index (χ3n) is 4.22. The molecule has 0 saturated carbocycles. The second kappa shape index (κ2) is 9.43. The van der Waals surface area contributed by atoms with Gasteiger partial charge in [0.2, 0.25) is 0 Å². The van der Waals surface area contributed by atoms with E-state index in [4.69, 9.17) is 27.9 Å². The highest BCUT2D eigenvalue weighted by Gasteiger charge is 2.22. The van der Waals surface area contributed by atoms with E-state index in [0.717, 1.165) is 0 Å². The first-order valence-electron chi connectivity index (χ1n) is 8.87. The summed E-state index contributed by atoms with van der Waals surface area (Å²) >= 11 is 12.0. The van der Waals surface area contributed by atoms with E-state index in [2.05, 4.69) is 4.72 Å². The number of benzene rings is 3. The summed E-state index contributed by atoms with van der Waals surface area (Å²) in [7, 11) is -2.64. The van der Waals surface area contributed by atoms with Crippen LogP contribution >= 0.6 is 23.2 Å². The molecule has 31 heavy (non-hydrogen) atoms. The second-order valence-corrected chi connectivity index (χ2v) is 8.80. The van der Waals surface area contributed by atoms with Gasteiger partial charge in [0.15, 0.2) is 17.3 Å². The third-order valence-corrected chi connectivity index (χ3v) is 6.55. The van der Waals surface area contributed by atoms with E-state index in [-0.39, 0.29) is 43.5 Å². The summed E-state index contributed by atoms with van der Waals surface area (Å²) in [5.74, 6) is -0.0716. The van der Waals surface area contributed by atoms with E-state index in [9.17, 15) is 18.3 Å². The number of ether oxygens (including phenoxy) is 1. The number of rotatable bonds is 7. The van der Waals surface area contributed by atoms with Gasteiger partial charge in [-0.15, -0.1) is 0 Å². The maximum atomic E-state index is 12.7. The molecule has 0 aliphatic rings. The van der Waals surface area contributed by atoms with Crippen LogP contribution in [-0.2, 0) is 10.0 Å². The van der Waals surface area contributed by atoms with E-state index in [0.29, 0.717) is 5.56 Å². The molecule has 160 valence electrons. The summed E-state index contributed by atoms with van der Waals surface area (Å²) in [6, 6.07) is 15.1. The SMILES string of the molecule is COc1cc(/C=C/C(=O)c2cccc(NS(=O)(=O)c3c(Cl)cccc3Cl)c2)ccc1O.